The summed E-state index contributed by atoms with van der Waals surface area (Å²) in [5, 5.41) is 0. The molecule has 1 aromatic rings. The van der Waals surface area contributed by atoms with Gasteiger partial charge in [-0.1, -0.05) is 27.2 Å². The first-order chi connectivity index (χ1) is 9.63. The molecule has 4 nitrogen and oxygen atoms in total. The number of nitrogens with one attached hydrogen (secondary N) is 1. The smallest absolute Gasteiger partial charge is 0.143 e. The zero-order valence-corrected chi connectivity index (χ0v) is 13.0. The molecule has 1 saturated carbocycles. The Kier molecular flexibility index (Phi) is 5.35. The summed E-state index contributed by atoms with van der Waals surface area (Å²) < 4.78 is 0. The number of rotatable bonds is 5. The summed E-state index contributed by atoms with van der Waals surface area (Å²) in [6, 6.07) is 1.97. The highest BCUT2D eigenvalue weighted by Gasteiger charge is 2.26. The zero-order chi connectivity index (χ0) is 14.5. The first-order valence-electron chi connectivity index (χ1n) is 7.98. The van der Waals surface area contributed by atoms with Gasteiger partial charge in [-0.3, -0.25) is 0 Å². The van der Waals surface area contributed by atoms with Crippen molar-refractivity contribution in [3.8, 4) is 0 Å². The third-order valence-corrected chi connectivity index (χ3v) is 4.53. The molecule has 3 N–H and O–H groups in total. The Bertz CT molecular complexity index is 422. The summed E-state index contributed by atoms with van der Waals surface area (Å²) in [5.74, 6) is 9.46. The topological polar surface area (TPSA) is 63.8 Å². The molecule has 0 unspecified atom stereocenters. The van der Waals surface area contributed by atoms with E-state index in [0.29, 0.717) is 5.92 Å². The molecular formula is C16H28N4. The van der Waals surface area contributed by atoms with Crippen molar-refractivity contribution in [3.63, 3.8) is 0 Å². The second kappa shape index (κ2) is 7.02. The molecule has 2 rings (SSSR count). The van der Waals surface area contributed by atoms with Crippen LogP contribution in [-0.2, 0) is 6.42 Å². The predicted octanol–water partition coefficient (Wildman–Crippen LogP) is 3.64. The van der Waals surface area contributed by atoms with E-state index in [1.54, 1.807) is 0 Å². The number of anilines is 1. The lowest BCUT2D eigenvalue weighted by Crippen LogP contribution is -2.20. The van der Waals surface area contributed by atoms with Crippen molar-refractivity contribution in [2.45, 2.75) is 65.2 Å². The Balaban J connectivity index is 2.10. The lowest BCUT2D eigenvalue weighted by molar-refractivity contribution is 0.254. The summed E-state index contributed by atoms with van der Waals surface area (Å²) in [6.45, 7) is 6.84. The maximum atomic E-state index is 5.53. The predicted molar refractivity (Wildman–Crippen MR) is 83.4 cm³/mol. The monoisotopic (exact) mass is 276 g/mol. The maximum Gasteiger partial charge on any atom is 0.143 e. The van der Waals surface area contributed by atoms with Gasteiger partial charge in [0.15, 0.2) is 0 Å². The number of nitrogens with two attached hydrogens (primary N) is 1. The van der Waals surface area contributed by atoms with Crippen LogP contribution in [0, 0.1) is 11.8 Å². The quantitative estimate of drug-likeness (QED) is 0.636. The van der Waals surface area contributed by atoms with Crippen LogP contribution in [0.3, 0.4) is 0 Å². The van der Waals surface area contributed by atoms with Crippen molar-refractivity contribution in [2.24, 2.45) is 17.7 Å². The van der Waals surface area contributed by atoms with Gasteiger partial charge in [-0.15, -0.1) is 0 Å². The van der Waals surface area contributed by atoms with E-state index in [1.165, 1.54) is 25.7 Å². The summed E-state index contributed by atoms with van der Waals surface area (Å²) in [6.07, 6.45) is 7.11. The van der Waals surface area contributed by atoms with Gasteiger partial charge in [0.25, 0.3) is 0 Å². The van der Waals surface area contributed by atoms with Gasteiger partial charge in [0, 0.05) is 17.7 Å². The van der Waals surface area contributed by atoms with Gasteiger partial charge < -0.3 is 5.43 Å². The molecule has 1 fully saturated rings. The van der Waals surface area contributed by atoms with Crippen molar-refractivity contribution in [3.05, 3.63) is 17.6 Å². The van der Waals surface area contributed by atoms with E-state index < -0.39 is 0 Å². The number of aryl methyl sites for hydroxylation is 1. The Morgan fingerprint density at radius 2 is 1.95 bits per heavy atom. The zero-order valence-electron chi connectivity index (χ0n) is 13.0. The van der Waals surface area contributed by atoms with E-state index in [0.717, 1.165) is 42.0 Å². The number of nitrogen functional groups attached to an aromatic ring is 1. The molecule has 0 saturated heterocycles. The molecule has 0 radical (unpaired) electrons. The van der Waals surface area contributed by atoms with Gasteiger partial charge in [0.1, 0.15) is 11.6 Å². The summed E-state index contributed by atoms with van der Waals surface area (Å²) >= 11 is 0. The summed E-state index contributed by atoms with van der Waals surface area (Å²) in [7, 11) is 0. The van der Waals surface area contributed by atoms with Crippen LogP contribution in [-0.4, -0.2) is 9.97 Å². The molecule has 0 atom stereocenters. The molecular weight excluding hydrogens is 248 g/mol. The van der Waals surface area contributed by atoms with Gasteiger partial charge in [0.2, 0.25) is 0 Å². The highest BCUT2D eigenvalue weighted by atomic mass is 15.3. The number of hydrogen-bond donors (Lipinski definition) is 2. The van der Waals surface area contributed by atoms with Gasteiger partial charge in [-0.2, -0.15) is 0 Å². The first kappa shape index (κ1) is 15.2. The minimum absolute atomic E-state index is 0.508. The van der Waals surface area contributed by atoms with E-state index in [-0.39, 0.29) is 0 Å². The lowest BCUT2D eigenvalue weighted by atomic mass is 9.76. The molecule has 1 heterocycles. The highest BCUT2D eigenvalue weighted by Crippen LogP contribution is 2.37. The van der Waals surface area contributed by atoms with Crippen molar-refractivity contribution in [1.29, 1.82) is 0 Å². The summed E-state index contributed by atoms with van der Waals surface area (Å²) in [4.78, 5) is 9.34. The van der Waals surface area contributed by atoms with Crippen LogP contribution in [0.4, 0.5) is 5.82 Å². The molecule has 0 aliphatic heterocycles. The number of nitrogens with zero attached hydrogens (tertiary/aromatic N) is 2. The molecule has 4 heteroatoms. The fourth-order valence-corrected chi connectivity index (χ4v) is 3.20. The van der Waals surface area contributed by atoms with Gasteiger partial charge in [-0.05, 0) is 43.9 Å². The van der Waals surface area contributed by atoms with Gasteiger partial charge in [-0.25, -0.2) is 15.8 Å². The molecule has 0 aromatic carbocycles. The van der Waals surface area contributed by atoms with Crippen LogP contribution in [0.15, 0.2) is 6.07 Å². The standard InChI is InChI=1S/C16H28N4/c1-4-5-14-10-15(20-17)19-16(18-14)13-8-6-12(7-9-13)11(2)3/h10-13H,4-9,17H2,1-3H3,(H,18,19,20). The van der Waals surface area contributed by atoms with Crippen LogP contribution < -0.4 is 11.3 Å². The van der Waals surface area contributed by atoms with Crippen LogP contribution in [0.5, 0.6) is 0 Å². The molecule has 1 aromatic heterocycles. The Morgan fingerprint density at radius 3 is 2.50 bits per heavy atom. The van der Waals surface area contributed by atoms with E-state index in [4.69, 9.17) is 10.8 Å². The Morgan fingerprint density at radius 1 is 1.25 bits per heavy atom. The lowest BCUT2D eigenvalue weighted by Gasteiger charge is -2.30. The molecule has 1 aliphatic carbocycles. The third-order valence-electron chi connectivity index (χ3n) is 4.53. The van der Waals surface area contributed by atoms with Crippen molar-refractivity contribution in [2.75, 3.05) is 5.43 Å². The van der Waals surface area contributed by atoms with Crippen molar-refractivity contribution >= 4 is 5.82 Å². The molecule has 0 bridgehead atoms. The number of aromatic nitrogens is 2. The van der Waals surface area contributed by atoms with Crippen LogP contribution in [0.25, 0.3) is 0 Å². The van der Waals surface area contributed by atoms with Crippen LogP contribution in [0.1, 0.15) is 70.3 Å². The van der Waals surface area contributed by atoms with Crippen LogP contribution >= 0.6 is 0 Å². The van der Waals surface area contributed by atoms with E-state index in [1.807, 2.05) is 6.07 Å². The SMILES string of the molecule is CCCc1cc(NN)nc(C2CCC(C(C)C)CC2)n1. The molecule has 112 valence electrons. The van der Waals surface area contributed by atoms with E-state index in [2.05, 4.69) is 31.2 Å². The minimum atomic E-state index is 0.508. The van der Waals surface area contributed by atoms with E-state index in [9.17, 15) is 0 Å². The Hall–Kier alpha value is -1.16. The summed E-state index contributed by atoms with van der Waals surface area (Å²) in [5.41, 5.74) is 3.79. The number of hydrogen-bond acceptors (Lipinski definition) is 4. The van der Waals surface area contributed by atoms with Gasteiger partial charge >= 0.3 is 0 Å². The maximum absolute atomic E-state index is 5.53. The van der Waals surface area contributed by atoms with Crippen molar-refractivity contribution < 1.29 is 0 Å². The highest BCUT2D eigenvalue weighted by molar-refractivity contribution is 5.35. The fraction of sp³-hybridized carbons (Fsp3) is 0.750. The normalized spacial score (nSPS) is 23.1. The fourth-order valence-electron chi connectivity index (χ4n) is 3.20. The Labute approximate surface area is 122 Å². The molecule has 0 spiro atoms. The van der Waals surface area contributed by atoms with Crippen molar-refractivity contribution in [1.82, 2.24) is 9.97 Å². The van der Waals surface area contributed by atoms with E-state index >= 15 is 0 Å². The largest absolute Gasteiger partial charge is 0.308 e. The average molecular weight is 276 g/mol. The second-order valence-electron chi connectivity index (χ2n) is 6.35. The van der Waals surface area contributed by atoms with Crippen LogP contribution in [0.2, 0.25) is 0 Å². The third kappa shape index (κ3) is 3.69. The number of hydrazine groups is 1. The second-order valence-corrected chi connectivity index (χ2v) is 6.35. The van der Waals surface area contributed by atoms with Gasteiger partial charge in [0.05, 0.1) is 0 Å². The minimum Gasteiger partial charge on any atom is -0.308 e. The molecule has 0 amide bonds. The molecule has 1 aliphatic rings. The first-order valence-corrected chi connectivity index (χ1v) is 7.98. The molecule has 20 heavy (non-hydrogen) atoms. The average Bonchev–Trinajstić information content (AvgIpc) is 2.47.